The van der Waals surface area contributed by atoms with Crippen molar-refractivity contribution in [1.82, 2.24) is 4.98 Å². The van der Waals surface area contributed by atoms with Crippen LogP contribution >= 0.6 is 0 Å². The summed E-state index contributed by atoms with van der Waals surface area (Å²) in [6.45, 7) is 5.54. The Morgan fingerprint density at radius 3 is 2.56 bits per heavy atom. The van der Waals surface area contributed by atoms with Gasteiger partial charge in [0.1, 0.15) is 0 Å². The van der Waals surface area contributed by atoms with Gasteiger partial charge in [-0.1, -0.05) is 17.7 Å². The molecule has 2 aromatic carbocycles. The van der Waals surface area contributed by atoms with Crippen LogP contribution < -0.4 is 5.32 Å². The molecule has 1 N–H and O–H groups in total. The van der Waals surface area contributed by atoms with Crippen molar-refractivity contribution in [3.63, 3.8) is 0 Å². The van der Waals surface area contributed by atoms with Gasteiger partial charge in [0.15, 0.2) is 0 Å². The average molecular weight is 335 g/mol. The lowest BCUT2D eigenvalue weighted by Gasteiger charge is -2.11. The monoisotopic (exact) mass is 335 g/mol. The highest BCUT2D eigenvalue weighted by molar-refractivity contribution is 6.07. The van der Waals surface area contributed by atoms with Crippen molar-refractivity contribution >= 4 is 28.2 Å². The highest BCUT2D eigenvalue weighted by Crippen LogP contribution is 2.24. The molecule has 0 aliphatic heterocycles. The van der Waals surface area contributed by atoms with E-state index < -0.39 is 4.92 Å². The van der Waals surface area contributed by atoms with Gasteiger partial charge in [-0.2, -0.15) is 0 Å². The largest absolute Gasteiger partial charge is 0.321 e. The molecule has 25 heavy (non-hydrogen) atoms. The summed E-state index contributed by atoms with van der Waals surface area (Å²) in [7, 11) is 0. The first-order chi connectivity index (χ1) is 11.8. The Balaban J connectivity index is 1.99. The van der Waals surface area contributed by atoms with Gasteiger partial charge < -0.3 is 5.32 Å². The Bertz CT molecular complexity index is 1010. The molecule has 0 aliphatic carbocycles. The number of hydrogen-bond donors (Lipinski definition) is 1. The molecule has 126 valence electrons. The number of aryl methyl sites for hydroxylation is 3. The van der Waals surface area contributed by atoms with Crippen molar-refractivity contribution in [2.24, 2.45) is 0 Å². The number of carbonyl (C=O) groups is 1. The van der Waals surface area contributed by atoms with Gasteiger partial charge in [0.2, 0.25) is 0 Å². The van der Waals surface area contributed by atoms with Crippen LogP contribution in [-0.4, -0.2) is 15.8 Å². The molecule has 0 fully saturated rings. The molecule has 0 radical (unpaired) electrons. The Labute approximate surface area is 144 Å². The standard InChI is InChI=1S/C19H17N3O3/c1-11-4-7-17-14(8-11)9-16(13(3)20-17)19(23)21-18-10-15(22(24)25)6-5-12(18)2/h4-10H,1-3H3,(H,21,23). The lowest BCUT2D eigenvalue weighted by atomic mass is 10.1. The van der Waals surface area contributed by atoms with E-state index in [9.17, 15) is 14.9 Å². The minimum atomic E-state index is -0.485. The van der Waals surface area contributed by atoms with Crippen molar-refractivity contribution in [3.05, 3.63) is 75.0 Å². The van der Waals surface area contributed by atoms with Crippen molar-refractivity contribution in [2.75, 3.05) is 5.32 Å². The van der Waals surface area contributed by atoms with E-state index in [0.717, 1.165) is 22.0 Å². The Morgan fingerprint density at radius 2 is 1.84 bits per heavy atom. The second kappa shape index (κ2) is 6.32. The Hall–Kier alpha value is -3.28. The summed E-state index contributed by atoms with van der Waals surface area (Å²) < 4.78 is 0. The number of amides is 1. The summed E-state index contributed by atoms with van der Waals surface area (Å²) in [5.74, 6) is -0.336. The Kier molecular flexibility index (Phi) is 4.19. The first kappa shape index (κ1) is 16.6. The van der Waals surface area contributed by atoms with Crippen LogP contribution in [0, 0.1) is 30.9 Å². The van der Waals surface area contributed by atoms with E-state index in [2.05, 4.69) is 10.3 Å². The first-order valence-corrected chi connectivity index (χ1v) is 7.79. The fraction of sp³-hybridized carbons (Fsp3) is 0.158. The minimum Gasteiger partial charge on any atom is -0.321 e. The number of aromatic nitrogens is 1. The van der Waals surface area contributed by atoms with Crippen LogP contribution in [-0.2, 0) is 0 Å². The van der Waals surface area contributed by atoms with Crippen LogP contribution in [0.3, 0.4) is 0 Å². The van der Waals surface area contributed by atoms with Gasteiger partial charge in [0, 0.05) is 17.5 Å². The number of anilines is 1. The molecule has 0 unspecified atom stereocenters. The molecule has 0 atom stereocenters. The second-order valence-corrected chi connectivity index (χ2v) is 6.03. The molecular weight excluding hydrogens is 318 g/mol. The normalized spacial score (nSPS) is 10.7. The maximum absolute atomic E-state index is 12.7. The summed E-state index contributed by atoms with van der Waals surface area (Å²) in [5, 5.41) is 14.6. The molecule has 1 aromatic heterocycles. The van der Waals surface area contributed by atoms with Gasteiger partial charge in [-0.3, -0.25) is 19.9 Å². The fourth-order valence-electron chi connectivity index (χ4n) is 2.67. The first-order valence-electron chi connectivity index (χ1n) is 7.79. The number of rotatable bonds is 3. The third-order valence-electron chi connectivity index (χ3n) is 4.09. The number of nitrogens with zero attached hydrogens (tertiary/aromatic N) is 2. The number of nitro groups is 1. The van der Waals surface area contributed by atoms with Crippen LogP contribution in [0.5, 0.6) is 0 Å². The van der Waals surface area contributed by atoms with E-state index in [0.29, 0.717) is 16.9 Å². The zero-order valence-corrected chi connectivity index (χ0v) is 14.2. The Morgan fingerprint density at radius 1 is 1.08 bits per heavy atom. The summed E-state index contributed by atoms with van der Waals surface area (Å²) in [6, 6.07) is 12.1. The number of nitro benzene ring substituents is 1. The molecular formula is C19H17N3O3. The molecule has 0 saturated heterocycles. The zero-order valence-electron chi connectivity index (χ0n) is 14.2. The van der Waals surface area contributed by atoms with Crippen LogP contribution in [0.15, 0.2) is 42.5 Å². The molecule has 1 heterocycles. The van der Waals surface area contributed by atoms with E-state index in [1.54, 1.807) is 26.0 Å². The summed E-state index contributed by atoms with van der Waals surface area (Å²) >= 11 is 0. The van der Waals surface area contributed by atoms with Crippen molar-refractivity contribution in [3.8, 4) is 0 Å². The lowest BCUT2D eigenvalue weighted by Crippen LogP contribution is -2.15. The molecule has 0 bridgehead atoms. The maximum atomic E-state index is 12.7. The van der Waals surface area contributed by atoms with Gasteiger partial charge in [-0.05, 0) is 44.5 Å². The average Bonchev–Trinajstić information content (AvgIpc) is 2.56. The van der Waals surface area contributed by atoms with Gasteiger partial charge in [0.25, 0.3) is 11.6 Å². The van der Waals surface area contributed by atoms with Gasteiger partial charge in [-0.25, -0.2) is 0 Å². The van der Waals surface area contributed by atoms with Gasteiger partial charge in [-0.15, -0.1) is 0 Å². The number of pyridine rings is 1. The summed E-state index contributed by atoms with van der Waals surface area (Å²) in [4.78, 5) is 27.6. The highest BCUT2D eigenvalue weighted by atomic mass is 16.6. The van der Waals surface area contributed by atoms with Crippen molar-refractivity contribution in [1.29, 1.82) is 0 Å². The third-order valence-corrected chi connectivity index (χ3v) is 4.09. The maximum Gasteiger partial charge on any atom is 0.271 e. The second-order valence-electron chi connectivity index (χ2n) is 6.03. The number of nitrogens with one attached hydrogen (secondary N) is 1. The number of non-ortho nitro benzene ring substituents is 1. The van der Waals surface area contributed by atoms with E-state index in [-0.39, 0.29) is 11.6 Å². The number of benzene rings is 2. The molecule has 0 aliphatic rings. The van der Waals surface area contributed by atoms with Crippen molar-refractivity contribution < 1.29 is 9.72 Å². The van der Waals surface area contributed by atoms with Crippen LogP contribution in [0.4, 0.5) is 11.4 Å². The molecule has 6 heteroatoms. The SMILES string of the molecule is Cc1ccc2nc(C)c(C(=O)Nc3cc([N+](=O)[O-])ccc3C)cc2c1. The molecule has 3 rings (SSSR count). The predicted molar refractivity (Wildman–Crippen MR) is 97.0 cm³/mol. The zero-order chi connectivity index (χ0) is 18.1. The van der Waals surface area contributed by atoms with Crippen molar-refractivity contribution in [2.45, 2.75) is 20.8 Å². The third kappa shape index (κ3) is 3.33. The number of hydrogen-bond acceptors (Lipinski definition) is 4. The smallest absolute Gasteiger partial charge is 0.271 e. The molecule has 6 nitrogen and oxygen atoms in total. The molecule has 3 aromatic rings. The van der Waals surface area contributed by atoms with Crippen LogP contribution in [0.25, 0.3) is 10.9 Å². The van der Waals surface area contributed by atoms with Crippen LogP contribution in [0.1, 0.15) is 27.2 Å². The quantitative estimate of drug-likeness (QED) is 0.570. The number of carbonyl (C=O) groups excluding carboxylic acids is 1. The molecule has 0 saturated carbocycles. The lowest BCUT2D eigenvalue weighted by molar-refractivity contribution is -0.384. The van der Waals surface area contributed by atoms with E-state index in [1.807, 2.05) is 25.1 Å². The van der Waals surface area contributed by atoms with E-state index >= 15 is 0 Å². The predicted octanol–water partition coefficient (Wildman–Crippen LogP) is 4.32. The molecule has 1 amide bonds. The molecule has 0 spiro atoms. The summed E-state index contributed by atoms with van der Waals surface area (Å²) in [5.41, 5.74) is 4.07. The fourth-order valence-corrected chi connectivity index (χ4v) is 2.67. The highest BCUT2D eigenvalue weighted by Gasteiger charge is 2.15. The van der Waals surface area contributed by atoms with Gasteiger partial charge in [0.05, 0.1) is 27.4 Å². The number of fused-ring (bicyclic) bond motifs is 1. The topological polar surface area (TPSA) is 85.1 Å². The summed E-state index contributed by atoms with van der Waals surface area (Å²) in [6.07, 6.45) is 0. The minimum absolute atomic E-state index is 0.0649. The van der Waals surface area contributed by atoms with Crippen LogP contribution in [0.2, 0.25) is 0 Å². The van der Waals surface area contributed by atoms with E-state index in [1.165, 1.54) is 12.1 Å². The van der Waals surface area contributed by atoms with E-state index in [4.69, 9.17) is 0 Å². The van der Waals surface area contributed by atoms with Gasteiger partial charge >= 0.3 is 0 Å².